The molecule has 1 atom stereocenters. The highest BCUT2D eigenvalue weighted by molar-refractivity contribution is 5.77. The summed E-state index contributed by atoms with van der Waals surface area (Å²) in [6, 6.07) is 15.7. The van der Waals surface area contributed by atoms with Gasteiger partial charge < -0.3 is 35.4 Å². The molecule has 10 nitrogen and oxygen atoms in total. The molecular formula is C28H34N6O4. The Labute approximate surface area is 222 Å². The highest BCUT2D eigenvalue weighted by Gasteiger charge is 2.24. The maximum absolute atomic E-state index is 11.8. The van der Waals surface area contributed by atoms with Crippen LogP contribution in [-0.2, 0) is 9.53 Å². The van der Waals surface area contributed by atoms with Crippen LogP contribution >= 0.6 is 0 Å². The molecule has 3 heterocycles. The summed E-state index contributed by atoms with van der Waals surface area (Å²) in [4.78, 5) is 24.9. The number of morpholine rings is 1. The van der Waals surface area contributed by atoms with E-state index in [2.05, 4.69) is 32.3 Å². The van der Waals surface area contributed by atoms with Crippen molar-refractivity contribution in [3.63, 3.8) is 0 Å². The number of aromatic nitrogens is 2. The van der Waals surface area contributed by atoms with Gasteiger partial charge in [0.1, 0.15) is 12.4 Å². The molecule has 2 aliphatic heterocycles. The number of piperidine rings is 1. The van der Waals surface area contributed by atoms with Gasteiger partial charge in [-0.1, -0.05) is 0 Å². The molecule has 0 bridgehead atoms. The Kier molecular flexibility index (Phi) is 8.20. The van der Waals surface area contributed by atoms with Crippen molar-refractivity contribution in [1.29, 1.82) is 0 Å². The van der Waals surface area contributed by atoms with Crippen molar-refractivity contribution in [2.24, 2.45) is 5.92 Å². The fourth-order valence-electron chi connectivity index (χ4n) is 4.86. The Bertz CT molecular complexity index is 1230. The SMILES string of the molecule is Nc1cc(-c2ccnc(Nc3ccc(N4CCOCC4)cc3)n2)ccc1OCC1CCCN(C(=O)CO)C1. The number of nitrogens with two attached hydrogens (primary N) is 1. The number of carbonyl (C=O) groups is 1. The number of aliphatic hydroxyl groups is 1. The molecular weight excluding hydrogens is 484 g/mol. The van der Waals surface area contributed by atoms with Gasteiger partial charge in [0.25, 0.3) is 0 Å². The Hall–Kier alpha value is -3.89. The number of nitrogens with one attached hydrogen (secondary N) is 1. The molecule has 0 saturated carbocycles. The van der Waals surface area contributed by atoms with Crippen LogP contribution in [0.25, 0.3) is 11.3 Å². The van der Waals surface area contributed by atoms with E-state index >= 15 is 0 Å². The Balaban J connectivity index is 1.20. The number of nitrogen functional groups attached to an aromatic ring is 1. The summed E-state index contributed by atoms with van der Waals surface area (Å²) in [5.41, 5.74) is 10.5. The molecule has 1 unspecified atom stereocenters. The number of aliphatic hydroxyl groups excluding tert-OH is 1. The lowest BCUT2D eigenvalue weighted by Crippen LogP contribution is -2.42. The van der Waals surface area contributed by atoms with Crippen LogP contribution in [0, 0.1) is 5.92 Å². The average Bonchev–Trinajstić information content (AvgIpc) is 2.97. The summed E-state index contributed by atoms with van der Waals surface area (Å²) in [5.74, 6) is 1.07. The Morgan fingerprint density at radius 1 is 1.13 bits per heavy atom. The number of amides is 1. The van der Waals surface area contributed by atoms with E-state index in [0.717, 1.165) is 56.1 Å². The van der Waals surface area contributed by atoms with Gasteiger partial charge in [0.05, 0.1) is 31.2 Å². The fourth-order valence-corrected chi connectivity index (χ4v) is 4.86. The number of nitrogens with zero attached hydrogens (tertiary/aromatic N) is 4. The number of ether oxygens (including phenoxy) is 2. The summed E-state index contributed by atoms with van der Waals surface area (Å²) in [6.07, 6.45) is 3.59. The van der Waals surface area contributed by atoms with Gasteiger partial charge >= 0.3 is 0 Å². The number of carbonyl (C=O) groups excluding carboxylic acids is 1. The van der Waals surface area contributed by atoms with Crippen molar-refractivity contribution in [3.05, 3.63) is 54.7 Å². The van der Waals surface area contributed by atoms with Crippen LogP contribution in [0.2, 0.25) is 0 Å². The van der Waals surface area contributed by atoms with Crippen molar-refractivity contribution >= 4 is 28.9 Å². The second-order valence-electron chi connectivity index (χ2n) is 9.61. The molecule has 0 radical (unpaired) electrons. The van der Waals surface area contributed by atoms with Crippen LogP contribution in [-0.4, -0.2) is 78.5 Å². The van der Waals surface area contributed by atoms with E-state index in [9.17, 15) is 4.79 Å². The van der Waals surface area contributed by atoms with E-state index in [-0.39, 0.29) is 11.8 Å². The molecule has 3 aromatic rings. The van der Waals surface area contributed by atoms with Gasteiger partial charge in [-0.2, -0.15) is 0 Å². The Morgan fingerprint density at radius 3 is 2.71 bits per heavy atom. The largest absolute Gasteiger partial charge is 0.491 e. The quantitative estimate of drug-likeness (QED) is 0.386. The number of likely N-dealkylation sites (tertiary alicyclic amines) is 1. The molecule has 2 saturated heterocycles. The van der Waals surface area contributed by atoms with Crippen molar-refractivity contribution in [1.82, 2.24) is 14.9 Å². The summed E-state index contributed by atoms with van der Waals surface area (Å²) in [5, 5.41) is 12.4. The summed E-state index contributed by atoms with van der Waals surface area (Å²) in [7, 11) is 0. The highest BCUT2D eigenvalue weighted by Crippen LogP contribution is 2.29. The minimum Gasteiger partial charge on any atom is -0.491 e. The second-order valence-corrected chi connectivity index (χ2v) is 9.61. The molecule has 10 heteroatoms. The molecule has 2 aliphatic rings. The molecule has 0 aliphatic carbocycles. The van der Waals surface area contributed by atoms with Gasteiger partial charge in [0, 0.05) is 55.2 Å². The Morgan fingerprint density at radius 2 is 1.95 bits per heavy atom. The normalized spacial score (nSPS) is 17.8. The average molecular weight is 519 g/mol. The topological polar surface area (TPSA) is 126 Å². The molecule has 5 rings (SSSR count). The van der Waals surface area contributed by atoms with Crippen LogP contribution in [0.4, 0.5) is 23.0 Å². The van der Waals surface area contributed by atoms with Crippen molar-refractivity contribution in [2.45, 2.75) is 12.8 Å². The zero-order valence-corrected chi connectivity index (χ0v) is 21.4. The minimum atomic E-state index is -0.455. The highest BCUT2D eigenvalue weighted by atomic mass is 16.5. The zero-order valence-electron chi connectivity index (χ0n) is 21.4. The predicted molar refractivity (Wildman–Crippen MR) is 147 cm³/mol. The van der Waals surface area contributed by atoms with E-state index in [0.29, 0.717) is 37.1 Å². The van der Waals surface area contributed by atoms with Crippen LogP contribution in [0.3, 0.4) is 0 Å². The monoisotopic (exact) mass is 518 g/mol. The standard InChI is InChI=1S/C28H34N6O4/c29-24-16-21(3-8-26(24)38-19-20-2-1-11-34(17-20)27(36)18-35)25-9-10-30-28(32-25)31-22-4-6-23(7-5-22)33-12-14-37-15-13-33/h3-10,16,20,35H,1-2,11-15,17-19,29H2,(H,30,31,32). The lowest BCUT2D eigenvalue weighted by atomic mass is 9.99. The first kappa shape index (κ1) is 25.7. The maximum atomic E-state index is 11.8. The number of anilines is 4. The van der Waals surface area contributed by atoms with Gasteiger partial charge in [0.15, 0.2) is 0 Å². The molecule has 2 fully saturated rings. The number of hydrogen-bond donors (Lipinski definition) is 3. The van der Waals surface area contributed by atoms with E-state index in [1.165, 1.54) is 5.69 Å². The molecule has 2 aromatic carbocycles. The third-order valence-electron chi connectivity index (χ3n) is 6.94. The predicted octanol–water partition coefficient (Wildman–Crippen LogP) is 2.92. The van der Waals surface area contributed by atoms with Crippen molar-refractivity contribution in [3.8, 4) is 17.0 Å². The third kappa shape index (κ3) is 6.32. The van der Waals surface area contributed by atoms with Crippen LogP contribution in [0.5, 0.6) is 5.75 Å². The first-order valence-corrected chi connectivity index (χ1v) is 13.0. The van der Waals surface area contributed by atoms with Gasteiger partial charge in [-0.15, -0.1) is 0 Å². The molecule has 200 valence electrons. The first-order chi connectivity index (χ1) is 18.6. The summed E-state index contributed by atoms with van der Waals surface area (Å²) >= 11 is 0. The smallest absolute Gasteiger partial charge is 0.248 e. The zero-order chi connectivity index (χ0) is 26.3. The molecule has 4 N–H and O–H groups in total. The van der Waals surface area contributed by atoms with Gasteiger partial charge in [-0.3, -0.25) is 4.79 Å². The number of hydrogen-bond acceptors (Lipinski definition) is 9. The van der Waals surface area contributed by atoms with Crippen LogP contribution < -0.4 is 20.7 Å². The van der Waals surface area contributed by atoms with Crippen molar-refractivity contribution in [2.75, 3.05) is 68.6 Å². The van der Waals surface area contributed by atoms with Gasteiger partial charge in [0.2, 0.25) is 11.9 Å². The van der Waals surface area contributed by atoms with Crippen LogP contribution in [0.1, 0.15) is 12.8 Å². The van der Waals surface area contributed by atoms with E-state index < -0.39 is 6.61 Å². The summed E-state index contributed by atoms with van der Waals surface area (Å²) < 4.78 is 11.4. The lowest BCUT2D eigenvalue weighted by Gasteiger charge is -2.32. The van der Waals surface area contributed by atoms with Crippen LogP contribution in [0.15, 0.2) is 54.7 Å². The summed E-state index contributed by atoms with van der Waals surface area (Å²) in [6.45, 7) is 4.59. The lowest BCUT2D eigenvalue weighted by molar-refractivity contribution is -0.136. The first-order valence-electron chi connectivity index (χ1n) is 13.0. The minimum absolute atomic E-state index is 0.205. The van der Waals surface area contributed by atoms with E-state index in [1.807, 2.05) is 36.4 Å². The number of benzene rings is 2. The fraction of sp³-hybridized carbons (Fsp3) is 0.393. The maximum Gasteiger partial charge on any atom is 0.248 e. The molecule has 1 aromatic heterocycles. The third-order valence-corrected chi connectivity index (χ3v) is 6.94. The molecule has 0 spiro atoms. The molecule has 1 amide bonds. The van der Waals surface area contributed by atoms with Crippen molar-refractivity contribution < 1.29 is 19.4 Å². The number of rotatable bonds is 8. The second kappa shape index (κ2) is 12.1. The molecule has 38 heavy (non-hydrogen) atoms. The van der Waals surface area contributed by atoms with Gasteiger partial charge in [-0.05, 0) is 61.4 Å². The van der Waals surface area contributed by atoms with E-state index in [4.69, 9.17) is 20.3 Å². The van der Waals surface area contributed by atoms with Gasteiger partial charge in [-0.25, -0.2) is 9.97 Å². The van der Waals surface area contributed by atoms with E-state index in [1.54, 1.807) is 11.1 Å².